The third-order valence-electron chi connectivity index (χ3n) is 3.84. The van der Waals surface area contributed by atoms with Crippen molar-refractivity contribution in [2.45, 2.75) is 51.2 Å². The highest BCUT2D eigenvalue weighted by Crippen LogP contribution is 2.33. The SMILES string of the molecule is CCCNC1(C#N)CCC(Oc2cc(F)ccc2C)C1. The highest BCUT2D eigenvalue weighted by Gasteiger charge is 2.40. The zero-order valence-electron chi connectivity index (χ0n) is 12.1. The van der Waals surface area contributed by atoms with Crippen LogP contribution in [0.4, 0.5) is 4.39 Å². The van der Waals surface area contributed by atoms with E-state index in [1.165, 1.54) is 12.1 Å². The Bertz CT molecular complexity index is 512. The van der Waals surface area contributed by atoms with Crippen molar-refractivity contribution in [3.05, 3.63) is 29.6 Å². The number of halogens is 1. The fraction of sp³-hybridized carbons (Fsp3) is 0.562. The molecule has 0 saturated heterocycles. The zero-order valence-corrected chi connectivity index (χ0v) is 12.1. The normalized spacial score (nSPS) is 25.4. The van der Waals surface area contributed by atoms with Gasteiger partial charge in [-0.25, -0.2) is 4.39 Å². The van der Waals surface area contributed by atoms with Gasteiger partial charge in [-0.1, -0.05) is 13.0 Å². The molecule has 0 heterocycles. The first-order valence-electron chi connectivity index (χ1n) is 7.17. The standard InChI is InChI=1S/C16H21FN2O/c1-3-8-19-16(11-18)7-6-14(10-16)20-15-9-13(17)5-4-12(15)2/h4-5,9,14,19H,3,6-8,10H2,1-2H3. The molecule has 2 atom stereocenters. The van der Waals surface area contributed by atoms with E-state index in [1.807, 2.05) is 6.92 Å². The van der Waals surface area contributed by atoms with E-state index in [4.69, 9.17) is 4.74 Å². The van der Waals surface area contributed by atoms with Crippen LogP contribution in [0, 0.1) is 24.1 Å². The van der Waals surface area contributed by atoms with E-state index in [9.17, 15) is 9.65 Å². The molecule has 3 nitrogen and oxygen atoms in total. The molecule has 4 heteroatoms. The second-order valence-electron chi connectivity index (χ2n) is 5.51. The topological polar surface area (TPSA) is 45.0 Å². The summed E-state index contributed by atoms with van der Waals surface area (Å²) in [5, 5.41) is 12.7. The molecular formula is C16H21FN2O. The van der Waals surface area contributed by atoms with Crippen LogP contribution in [0.5, 0.6) is 5.75 Å². The lowest BCUT2D eigenvalue weighted by Crippen LogP contribution is -2.42. The third kappa shape index (κ3) is 3.29. The summed E-state index contributed by atoms with van der Waals surface area (Å²) in [6.07, 6.45) is 3.22. The van der Waals surface area contributed by atoms with Crippen molar-refractivity contribution in [1.29, 1.82) is 5.26 Å². The number of hydrogen-bond donors (Lipinski definition) is 1. The first kappa shape index (κ1) is 14.8. The van der Waals surface area contributed by atoms with Crippen LogP contribution in [0.15, 0.2) is 18.2 Å². The van der Waals surface area contributed by atoms with E-state index in [0.29, 0.717) is 12.2 Å². The van der Waals surface area contributed by atoms with Gasteiger partial charge in [0.1, 0.15) is 23.2 Å². The number of rotatable bonds is 5. The van der Waals surface area contributed by atoms with Crippen LogP contribution >= 0.6 is 0 Å². The van der Waals surface area contributed by atoms with Gasteiger partial charge in [-0.05, 0) is 44.4 Å². The van der Waals surface area contributed by atoms with Gasteiger partial charge >= 0.3 is 0 Å². The molecule has 1 fully saturated rings. The van der Waals surface area contributed by atoms with Gasteiger partial charge < -0.3 is 4.74 Å². The molecule has 0 radical (unpaired) electrons. The van der Waals surface area contributed by atoms with Crippen molar-refractivity contribution in [3.63, 3.8) is 0 Å². The summed E-state index contributed by atoms with van der Waals surface area (Å²) in [7, 11) is 0. The Kier molecular flexibility index (Phi) is 4.61. The maximum absolute atomic E-state index is 13.3. The molecule has 2 unspecified atom stereocenters. The van der Waals surface area contributed by atoms with Gasteiger partial charge in [0.25, 0.3) is 0 Å². The molecular weight excluding hydrogens is 255 g/mol. The Morgan fingerprint density at radius 3 is 3.05 bits per heavy atom. The van der Waals surface area contributed by atoms with Crippen LogP contribution in [-0.2, 0) is 0 Å². The lowest BCUT2D eigenvalue weighted by Gasteiger charge is -2.23. The molecule has 0 bridgehead atoms. The lowest BCUT2D eigenvalue weighted by molar-refractivity contribution is 0.199. The molecule has 1 aromatic rings. The van der Waals surface area contributed by atoms with Gasteiger partial charge in [0, 0.05) is 12.5 Å². The monoisotopic (exact) mass is 276 g/mol. The summed E-state index contributed by atoms with van der Waals surface area (Å²) < 4.78 is 19.2. The molecule has 1 aliphatic rings. The minimum atomic E-state index is -0.484. The molecule has 1 aliphatic carbocycles. The van der Waals surface area contributed by atoms with E-state index < -0.39 is 5.54 Å². The predicted octanol–water partition coefficient (Wildman–Crippen LogP) is 3.33. The molecule has 1 saturated carbocycles. The zero-order chi connectivity index (χ0) is 14.6. The van der Waals surface area contributed by atoms with Crippen LogP contribution in [0.3, 0.4) is 0 Å². The van der Waals surface area contributed by atoms with Crippen LogP contribution in [0.2, 0.25) is 0 Å². The minimum absolute atomic E-state index is 0.0282. The molecule has 2 rings (SSSR count). The number of hydrogen-bond acceptors (Lipinski definition) is 3. The Hall–Kier alpha value is -1.60. The third-order valence-corrected chi connectivity index (χ3v) is 3.84. The van der Waals surface area contributed by atoms with E-state index in [2.05, 4.69) is 18.3 Å². The predicted molar refractivity (Wildman–Crippen MR) is 76.0 cm³/mol. The number of nitriles is 1. The average molecular weight is 276 g/mol. The number of nitrogens with one attached hydrogen (secondary N) is 1. The summed E-state index contributed by atoms with van der Waals surface area (Å²) in [5.41, 5.74) is 0.435. The molecule has 108 valence electrons. The summed E-state index contributed by atoms with van der Waals surface area (Å²) in [6.45, 7) is 4.81. The Balaban J connectivity index is 2.02. The molecule has 1 N–H and O–H groups in total. The van der Waals surface area contributed by atoms with Gasteiger partial charge in [0.15, 0.2) is 0 Å². The van der Waals surface area contributed by atoms with Gasteiger partial charge in [0.2, 0.25) is 0 Å². The van der Waals surface area contributed by atoms with E-state index in [0.717, 1.165) is 31.4 Å². The molecule has 0 spiro atoms. The van der Waals surface area contributed by atoms with Crippen molar-refractivity contribution in [2.75, 3.05) is 6.54 Å². The van der Waals surface area contributed by atoms with E-state index >= 15 is 0 Å². The number of nitrogens with zero attached hydrogens (tertiary/aromatic N) is 1. The van der Waals surface area contributed by atoms with Crippen LogP contribution in [0.25, 0.3) is 0 Å². The maximum Gasteiger partial charge on any atom is 0.126 e. The van der Waals surface area contributed by atoms with Crippen molar-refractivity contribution < 1.29 is 9.13 Å². The van der Waals surface area contributed by atoms with E-state index in [-0.39, 0.29) is 11.9 Å². The van der Waals surface area contributed by atoms with Crippen molar-refractivity contribution in [2.24, 2.45) is 0 Å². The number of ether oxygens (including phenoxy) is 1. The quantitative estimate of drug-likeness (QED) is 0.897. The van der Waals surface area contributed by atoms with Crippen LogP contribution in [-0.4, -0.2) is 18.2 Å². The fourth-order valence-corrected chi connectivity index (χ4v) is 2.65. The van der Waals surface area contributed by atoms with Crippen LogP contribution < -0.4 is 10.1 Å². The minimum Gasteiger partial charge on any atom is -0.490 e. The van der Waals surface area contributed by atoms with Crippen molar-refractivity contribution >= 4 is 0 Å². The summed E-state index contributed by atoms with van der Waals surface area (Å²) in [5.74, 6) is 0.290. The molecule has 20 heavy (non-hydrogen) atoms. The highest BCUT2D eigenvalue weighted by atomic mass is 19.1. The lowest BCUT2D eigenvalue weighted by atomic mass is 9.99. The van der Waals surface area contributed by atoms with E-state index in [1.54, 1.807) is 6.07 Å². The Morgan fingerprint density at radius 1 is 1.55 bits per heavy atom. The molecule has 0 amide bonds. The van der Waals surface area contributed by atoms with Crippen LogP contribution in [0.1, 0.15) is 38.2 Å². The summed E-state index contributed by atoms with van der Waals surface area (Å²) in [4.78, 5) is 0. The first-order valence-corrected chi connectivity index (χ1v) is 7.17. The number of benzene rings is 1. The second-order valence-corrected chi connectivity index (χ2v) is 5.51. The smallest absolute Gasteiger partial charge is 0.126 e. The molecule has 1 aromatic carbocycles. The van der Waals surface area contributed by atoms with Gasteiger partial charge in [-0.2, -0.15) is 5.26 Å². The van der Waals surface area contributed by atoms with Crippen molar-refractivity contribution in [3.8, 4) is 11.8 Å². The molecule has 0 aromatic heterocycles. The first-order chi connectivity index (χ1) is 9.58. The second kappa shape index (κ2) is 6.23. The average Bonchev–Trinajstić information content (AvgIpc) is 2.85. The Morgan fingerprint density at radius 2 is 2.35 bits per heavy atom. The highest BCUT2D eigenvalue weighted by molar-refractivity contribution is 5.33. The summed E-state index contributed by atoms with van der Waals surface area (Å²) in [6, 6.07) is 6.95. The van der Waals surface area contributed by atoms with Gasteiger partial charge in [0.05, 0.1) is 6.07 Å². The largest absolute Gasteiger partial charge is 0.490 e. The maximum atomic E-state index is 13.3. The van der Waals surface area contributed by atoms with Crippen molar-refractivity contribution in [1.82, 2.24) is 5.32 Å². The van der Waals surface area contributed by atoms with Gasteiger partial charge in [-0.3, -0.25) is 5.32 Å². The number of aryl methyl sites for hydroxylation is 1. The fourth-order valence-electron chi connectivity index (χ4n) is 2.65. The Labute approximate surface area is 119 Å². The summed E-state index contributed by atoms with van der Waals surface area (Å²) >= 11 is 0. The molecule has 0 aliphatic heterocycles. The van der Waals surface area contributed by atoms with Gasteiger partial charge in [-0.15, -0.1) is 0 Å².